The van der Waals surface area contributed by atoms with Crippen molar-refractivity contribution in [3.05, 3.63) is 29.7 Å². The van der Waals surface area contributed by atoms with Gasteiger partial charge in [0.2, 0.25) is 0 Å². The van der Waals surface area contributed by atoms with Crippen LogP contribution in [-0.2, 0) is 9.47 Å². The smallest absolute Gasteiger partial charge is 0.341 e. The zero-order valence-corrected chi connectivity index (χ0v) is 9.27. The lowest BCUT2D eigenvalue weighted by Gasteiger charge is -2.03. The number of methoxy groups -OCH3 is 1. The van der Waals surface area contributed by atoms with Gasteiger partial charge in [-0.05, 0) is 25.1 Å². The molecular formula is C11H14N2O3. The molecule has 16 heavy (non-hydrogen) atoms. The molecule has 2 N–H and O–H groups in total. The van der Waals surface area contributed by atoms with Crippen molar-refractivity contribution in [2.45, 2.75) is 6.92 Å². The minimum absolute atomic E-state index is 0.144. The number of nitrogens with zero attached hydrogens (tertiary/aromatic N) is 1. The van der Waals surface area contributed by atoms with Crippen molar-refractivity contribution in [2.75, 3.05) is 19.5 Å². The van der Waals surface area contributed by atoms with E-state index in [9.17, 15) is 4.79 Å². The van der Waals surface area contributed by atoms with E-state index >= 15 is 0 Å². The Kier molecular flexibility index (Phi) is 4.32. The van der Waals surface area contributed by atoms with Crippen LogP contribution in [0.3, 0.4) is 0 Å². The van der Waals surface area contributed by atoms with E-state index in [2.05, 4.69) is 9.72 Å². The molecule has 0 aromatic carbocycles. The number of anilines is 1. The zero-order valence-electron chi connectivity index (χ0n) is 9.27. The Bertz CT molecular complexity index is 402. The van der Waals surface area contributed by atoms with Gasteiger partial charge < -0.3 is 15.2 Å². The molecule has 0 aliphatic rings. The molecule has 5 heteroatoms. The summed E-state index contributed by atoms with van der Waals surface area (Å²) in [7, 11) is 1.30. The fourth-order valence-corrected chi connectivity index (χ4v) is 1.08. The van der Waals surface area contributed by atoms with Gasteiger partial charge in [-0.3, -0.25) is 0 Å². The molecule has 1 heterocycles. The van der Waals surface area contributed by atoms with Crippen LogP contribution < -0.4 is 5.73 Å². The minimum Gasteiger partial charge on any atom is -0.501 e. The highest BCUT2D eigenvalue weighted by atomic mass is 16.5. The summed E-state index contributed by atoms with van der Waals surface area (Å²) in [5.74, 6) is -0.351. The molecular weight excluding hydrogens is 208 g/mol. The number of esters is 1. The fraction of sp³-hybridized carbons (Fsp3) is 0.273. The first kappa shape index (κ1) is 12.0. The molecule has 0 aliphatic carbocycles. The van der Waals surface area contributed by atoms with E-state index in [1.807, 2.05) is 6.92 Å². The van der Waals surface area contributed by atoms with Gasteiger partial charge in [-0.2, -0.15) is 0 Å². The summed E-state index contributed by atoms with van der Waals surface area (Å²) in [4.78, 5) is 15.2. The quantitative estimate of drug-likeness (QED) is 0.616. The summed E-state index contributed by atoms with van der Waals surface area (Å²) < 4.78 is 9.58. The van der Waals surface area contributed by atoms with Crippen LogP contribution in [0.15, 0.2) is 18.4 Å². The predicted molar refractivity (Wildman–Crippen MR) is 60.6 cm³/mol. The summed E-state index contributed by atoms with van der Waals surface area (Å²) in [5, 5.41) is 0. The lowest BCUT2D eigenvalue weighted by atomic mass is 10.2. The number of rotatable bonds is 4. The Morgan fingerprint density at radius 2 is 2.31 bits per heavy atom. The summed E-state index contributed by atoms with van der Waals surface area (Å²) >= 11 is 0. The molecule has 86 valence electrons. The topological polar surface area (TPSA) is 74.4 Å². The third-order valence-electron chi connectivity index (χ3n) is 1.85. The summed E-state index contributed by atoms with van der Waals surface area (Å²) in [6.07, 6.45) is 3.19. The number of hydrogen-bond acceptors (Lipinski definition) is 5. The Labute approximate surface area is 93.9 Å². The molecule has 1 rings (SSSR count). The second kappa shape index (κ2) is 5.75. The van der Waals surface area contributed by atoms with Gasteiger partial charge in [0.1, 0.15) is 11.4 Å². The van der Waals surface area contributed by atoms with Gasteiger partial charge in [-0.25, -0.2) is 9.78 Å². The average Bonchev–Trinajstić information content (AvgIpc) is 2.29. The Morgan fingerprint density at radius 3 is 2.88 bits per heavy atom. The highest BCUT2D eigenvalue weighted by molar-refractivity contribution is 5.94. The predicted octanol–water partition coefficient (Wildman–Crippen LogP) is 1.46. The van der Waals surface area contributed by atoms with Crippen molar-refractivity contribution < 1.29 is 14.3 Å². The van der Waals surface area contributed by atoms with Crippen LogP contribution >= 0.6 is 0 Å². The number of nitrogen functional groups attached to an aromatic ring is 1. The molecule has 0 aliphatic heterocycles. The van der Waals surface area contributed by atoms with Crippen LogP contribution in [0.2, 0.25) is 0 Å². The molecule has 0 amide bonds. The molecule has 1 aromatic rings. The van der Waals surface area contributed by atoms with Crippen LogP contribution in [0.1, 0.15) is 23.0 Å². The highest BCUT2D eigenvalue weighted by Gasteiger charge is 2.10. The molecule has 0 radical (unpaired) electrons. The van der Waals surface area contributed by atoms with Crippen LogP contribution in [0.25, 0.3) is 6.08 Å². The van der Waals surface area contributed by atoms with E-state index in [4.69, 9.17) is 10.5 Å². The third-order valence-corrected chi connectivity index (χ3v) is 1.85. The lowest BCUT2D eigenvalue weighted by Crippen LogP contribution is -2.07. The van der Waals surface area contributed by atoms with Crippen molar-refractivity contribution in [3.8, 4) is 0 Å². The SMILES string of the molecule is CCOC=Cc1ccc(C(=O)OC)c(N)n1. The second-order valence-electron chi connectivity index (χ2n) is 2.92. The molecule has 0 atom stereocenters. The van der Waals surface area contributed by atoms with E-state index in [0.717, 1.165) is 0 Å². The largest absolute Gasteiger partial charge is 0.501 e. The van der Waals surface area contributed by atoms with Crippen molar-refractivity contribution in [3.63, 3.8) is 0 Å². The molecule has 5 nitrogen and oxygen atoms in total. The molecule has 0 spiro atoms. The van der Waals surface area contributed by atoms with Gasteiger partial charge in [-0.15, -0.1) is 0 Å². The zero-order chi connectivity index (χ0) is 12.0. The molecule has 0 saturated heterocycles. The Morgan fingerprint density at radius 1 is 1.56 bits per heavy atom. The summed E-state index contributed by atoms with van der Waals surface area (Å²) in [6.45, 7) is 2.47. The van der Waals surface area contributed by atoms with Gasteiger partial charge in [0, 0.05) is 0 Å². The Hall–Kier alpha value is -2.04. The maximum atomic E-state index is 11.2. The molecule has 0 bridgehead atoms. The minimum atomic E-state index is -0.495. The van der Waals surface area contributed by atoms with Crippen LogP contribution in [0.4, 0.5) is 5.82 Å². The summed E-state index contributed by atoms with van der Waals surface area (Å²) in [5.41, 5.74) is 6.50. The fourth-order valence-electron chi connectivity index (χ4n) is 1.08. The maximum Gasteiger partial charge on any atom is 0.341 e. The number of carbonyl (C=O) groups excluding carboxylic acids is 1. The number of ether oxygens (including phenoxy) is 2. The average molecular weight is 222 g/mol. The van der Waals surface area contributed by atoms with Crippen LogP contribution in [0, 0.1) is 0 Å². The standard InChI is InChI=1S/C11H14N2O3/c1-3-16-7-6-8-4-5-9(10(12)13-8)11(14)15-2/h4-7H,3H2,1-2H3,(H2,12,13). The Balaban J connectivity index is 2.86. The number of nitrogens with two attached hydrogens (primary N) is 1. The van der Waals surface area contributed by atoms with Gasteiger partial charge in [0.25, 0.3) is 0 Å². The number of pyridine rings is 1. The van der Waals surface area contributed by atoms with E-state index in [0.29, 0.717) is 12.3 Å². The van der Waals surface area contributed by atoms with E-state index in [1.165, 1.54) is 13.4 Å². The van der Waals surface area contributed by atoms with Gasteiger partial charge >= 0.3 is 5.97 Å². The van der Waals surface area contributed by atoms with Gasteiger partial charge in [0.15, 0.2) is 0 Å². The van der Waals surface area contributed by atoms with E-state index in [1.54, 1.807) is 18.2 Å². The van der Waals surface area contributed by atoms with E-state index < -0.39 is 5.97 Å². The summed E-state index contributed by atoms with van der Waals surface area (Å²) in [6, 6.07) is 3.23. The second-order valence-corrected chi connectivity index (χ2v) is 2.92. The first-order valence-electron chi connectivity index (χ1n) is 4.82. The maximum absolute atomic E-state index is 11.2. The number of hydrogen-bond donors (Lipinski definition) is 1. The highest BCUT2D eigenvalue weighted by Crippen LogP contribution is 2.12. The molecule has 0 unspecified atom stereocenters. The molecule has 0 fully saturated rings. The monoisotopic (exact) mass is 222 g/mol. The normalized spacial score (nSPS) is 10.4. The van der Waals surface area contributed by atoms with Crippen molar-refractivity contribution >= 4 is 17.9 Å². The van der Waals surface area contributed by atoms with Gasteiger partial charge in [0.05, 0.1) is 25.7 Å². The first-order valence-corrected chi connectivity index (χ1v) is 4.82. The molecule has 0 saturated carbocycles. The van der Waals surface area contributed by atoms with Crippen molar-refractivity contribution in [1.82, 2.24) is 4.98 Å². The van der Waals surface area contributed by atoms with Crippen LogP contribution in [-0.4, -0.2) is 24.7 Å². The van der Waals surface area contributed by atoms with E-state index in [-0.39, 0.29) is 11.4 Å². The van der Waals surface area contributed by atoms with Gasteiger partial charge in [-0.1, -0.05) is 0 Å². The van der Waals surface area contributed by atoms with Crippen LogP contribution in [0.5, 0.6) is 0 Å². The number of carbonyl (C=O) groups is 1. The molecule has 1 aromatic heterocycles. The number of aromatic nitrogens is 1. The lowest BCUT2D eigenvalue weighted by molar-refractivity contribution is 0.0601. The van der Waals surface area contributed by atoms with Crippen molar-refractivity contribution in [1.29, 1.82) is 0 Å². The first-order chi connectivity index (χ1) is 7.69. The third kappa shape index (κ3) is 2.98. The van der Waals surface area contributed by atoms with Crippen molar-refractivity contribution in [2.24, 2.45) is 0 Å².